The molecule has 3 aromatic rings. The summed E-state index contributed by atoms with van der Waals surface area (Å²) in [6.07, 6.45) is 1.38. The number of hydrogen-bond donors (Lipinski definition) is 3. The predicted octanol–water partition coefficient (Wildman–Crippen LogP) is 3.86. The second-order valence-corrected chi connectivity index (χ2v) is 7.99. The minimum atomic E-state index is -3.81. The first-order valence-electron chi connectivity index (χ1n) is 7.88. The van der Waals surface area contributed by atoms with Crippen LogP contribution in [0.25, 0.3) is 0 Å². The Morgan fingerprint density at radius 1 is 1.00 bits per heavy atom. The number of sulfonamides is 1. The van der Waals surface area contributed by atoms with Crippen molar-refractivity contribution in [1.82, 2.24) is 5.32 Å². The highest BCUT2D eigenvalue weighted by Crippen LogP contribution is 2.24. The van der Waals surface area contributed by atoms with E-state index in [1.165, 1.54) is 36.6 Å². The van der Waals surface area contributed by atoms with Gasteiger partial charge in [-0.25, -0.2) is 8.42 Å². The number of thiocarbonyl (C=S) groups is 1. The molecule has 10 heteroatoms. The molecule has 7 nitrogen and oxygen atoms in total. The van der Waals surface area contributed by atoms with E-state index in [-0.39, 0.29) is 21.5 Å². The van der Waals surface area contributed by atoms with Gasteiger partial charge in [-0.3, -0.25) is 14.8 Å². The van der Waals surface area contributed by atoms with Crippen LogP contribution >= 0.6 is 23.8 Å². The average molecular weight is 436 g/mol. The first kappa shape index (κ1) is 19.9. The molecule has 0 bridgehead atoms. The number of nitrogens with one attached hydrogen (secondary N) is 3. The third-order valence-electron chi connectivity index (χ3n) is 3.51. The molecule has 3 rings (SSSR count). The summed E-state index contributed by atoms with van der Waals surface area (Å²) in [6.45, 7) is 0. The van der Waals surface area contributed by atoms with Gasteiger partial charge in [0, 0.05) is 5.69 Å². The molecule has 3 N–H and O–H groups in total. The molecule has 1 heterocycles. The highest BCUT2D eigenvalue weighted by Gasteiger charge is 2.16. The smallest absolute Gasteiger partial charge is 0.293 e. The van der Waals surface area contributed by atoms with E-state index in [1.54, 1.807) is 30.3 Å². The summed E-state index contributed by atoms with van der Waals surface area (Å²) in [4.78, 5) is 11.9. The van der Waals surface area contributed by atoms with Crippen molar-refractivity contribution in [2.24, 2.45) is 0 Å². The van der Waals surface area contributed by atoms with Gasteiger partial charge < -0.3 is 9.73 Å². The Kier molecular flexibility index (Phi) is 5.98. The maximum atomic E-state index is 12.5. The van der Waals surface area contributed by atoms with Crippen LogP contribution in [-0.4, -0.2) is 19.4 Å². The van der Waals surface area contributed by atoms with Crippen LogP contribution in [0.1, 0.15) is 10.6 Å². The van der Waals surface area contributed by atoms with Crippen LogP contribution in [0.2, 0.25) is 5.02 Å². The molecular weight excluding hydrogens is 422 g/mol. The van der Waals surface area contributed by atoms with Crippen LogP contribution in [0.15, 0.2) is 76.2 Å². The lowest BCUT2D eigenvalue weighted by molar-refractivity contribution is 0.0950. The van der Waals surface area contributed by atoms with Gasteiger partial charge >= 0.3 is 0 Å². The van der Waals surface area contributed by atoms with Crippen molar-refractivity contribution >= 4 is 56.2 Å². The van der Waals surface area contributed by atoms with E-state index < -0.39 is 15.9 Å². The lowest BCUT2D eigenvalue weighted by Crippen LogP contribution is -2.33. The second kappa shape index (κ2) is 8.42. The number of amides is 1. The van der Waals surface area contributed by atoms with Crippen LogP contribution in [0.4, 0.5) is 11.4 Å². The molecule has 0 aliphatic heterocycles. The maximum Gasteiger partial charge on any atom is 0.293 e. The fourth-order valence-corrected chi connectivity index (χ4v) is 3.73. The fraction of sp³-hybridized carbons (Fsp3) is 0. The molecule has 0 spiro atoms. The van der Waals surface area contributed by atoms with E-state index in [0.29, 0.717) is 10.7 Å². The lowest BCUT2D eigenvalue weighted by Gasteiger charge is -2.11. The van der Waals surface area contributed by atoms with Crippen molar-refractivity contribution in [2.75, 3.05) is 10.0 Å². The van der Waals surface area contributed by atoms with Gasteiger partial charge in [-0.1, -0.05) is 23.7 Å². The zero-order valence-corrected chi connectivity index (χ0v) is 16.6. The Bertz CT molecular complexity index is 1100. The molecule has 0 saturated carbocycles. The number of rotatable bonds is 5. The Hall–Kier alpha value is -2.88. The molecule has 0 aliphatic carbocycles. The number of benzene rings is 2. The van der Waals surface area contributed by atoms with Crippen molar-refractivity contribution in [1.29, 1.82) is 0 Å². The predicted molar refractivity (Wildman–Crippen MR) is 111 cm³/mol. The van der Waals surface area contributed by atoms with Gasteiger partial charge in [0.05, 0.1) is 21.9 Å². The van der Waals surface area contributed by atoms with E-state index in [4.69, 9.17) is 28.2 Å². The van der Waals surface area contributed by atoms with Crippen molar-refractivity contribution in [3.63, 3.8) is 0 Å². The third kappa shape index (κ3) is 4.89. The van der Waals surface area contributed by atoms with Crippen LogP contribution < -0.4 is 15.4 Å². The molecule has 0 radical (unpaired) electrons. The molecule has 2 aromatic carbocycles. The van der Waals surface area contributed by atoms with Gasteiger partial charge in [-0.05, 0) is 60.7 Å². The fourth-order valence-electron chi connectivity index (χ4n) is 2.20. The molecule has 0 unspecified atom stereocenters. The Morgan fingerprint density at radius 2 is 1.71 bits per heavy atom. The van der Waals surface area contributed by atoms with E-state index >= 15 is 0 Å². The van der Waals surface area contributed by atoms with Gasteiger partial charge in [-0.15, -0.1) is 0 Å². The maximum absolute atomic E-state index is 12.5. The number of hydrogen-bond acceptors (Lipinski definition) is 5. The normalized spacial score (nSPS) is 10.9. The molecule has 0 saturated heterocycles. The van der Waals surface area contributed by atoms with Crippen LogP contribution in [0.5, 0.6) is 0 Å². The second-order valence-electron chi connectivity index (χ2n) is 5.50. The first-order valence-corrected chi connectivity index (χ1v) is 10.2. The minimum Gasteiger partial charge on any atom is -0.459 e. The quantitative estimate of drug-likeness (QED) is 0.526. The summed E-state index contributed by atoms with van der Waals surface area (Å²) in [5.41, 5.74) is 0.787. The summed E-state index contributed by atoms with van der Waals surface area (Å²) >= 11 is 11.0. The number of anilines is 2. The zero-order chi connectivity index (χ0) is 20.1. The third-order valence-corrected chi connectivity index (χ3v) is 5.43. The summed E-state index contributed by atoms with van der Waals surface area (Å²) in [6, 6.07) is 15.5. The van der Waals surface area contributed by atoms with Crippen LogP contribution in [0.3, 0.4) is 0 Å². The molecule has 1 aromatic heterocycles. The van der Waals surface area contributed by atoms with Crippen molar-refractivity contribution in [3.05, 3.63) is 77.7 Å². The van der Waals surface area contributed by atoms with Gasteiger partial charge in [0.2, 0.25) is 0 Å². The van der Waals surface area contributed by atoms with Crippen molar-refractivity contribution < 1.29 is 17.6 Å². The zero-order valence-electron chi connectivity index (χ0n) is 14.2. The van der Waals surface area contributed by atoms with E-state index in [0.717, 1.165) is 0 Å². The van der Waals surface area contributed by atoms with Gasteiger partial charge in [0.25, 0.3) is 15.9 Å². The summed E-state index contributed by atoms with van der Waals surface area (Å²) < 4.78 is 32.4. The summed E-state index contributed by atoms with van der Waals surface area (Å²) in [5, 5.41) is 5.59. The topological polar surface area (TPSA) is 100 Å². The van der Waals surface area contributed by atoms with E-state index in [2.05, 4.69) is 15.4 Å². The Balaban J connectivity index is 1.65. The molecule has 1 amide bonds. The van der Waals surface area contributed by atoms with Crippen molar-refractivity contribution in [3.8, 4) is 0 Å². The van der Waals surface area contributed by atoms with Gasteiger partial charge in [0.15, 0.2) is 10.9 Å². The molecule has 0 fully saturated rings. The Morgan fingerprint density at radius 3 is 2.36 bits per heavy atom. The number of carbonyl (C=O) groups excluding carboxylic acids is 1. The van der Waals surface area contributed by atoms with Gasteiger partial charge in [0.1, 0.15) is 0 Å². The lowest BCUT2D eigenvalue weighted by atomic mass is 10.3. The number of para-hydroxylation sites is 1. The van der Waals surface area contributed by atoms with E-state index in [9.17, 15) is 13.2 Å². The molecular formula is C18H14ClN3O4S2. The molecule has 0 aliphatic rings. The van der Waals surface area contributed by atoms with Crippen LogP contribution in [-0.2, 0) is 10.0 Å². The Labute approximate surface area is 171 Å². The van der Waals surface area contributed by atoms with E-state index in [1.807, 2.05) is 0 Å². The minimum absolute atomic E-state index is 0.0449. The summed E-state index contributed by atoms with van der Waals surface area (Å²) in [7, 11) is -3.81. The SMILES string of the molecule is O=C(NC(=S)Nc1ccc(S(=O)(=O)Nc2ccccc2Cl)cc1)c1ccco1. The standard InChI is InChI=1S/C18H14ClN3O4S2/c19-14-4-1-2-5-15(14)22-28(24,25)13-9-7-12(8-10-13)20-18(27)21-17(23)16-6-3-11-26-16/h1-11,22H,(H2,20,21,23,27). The number of furan rings is 1. The van der Waals surface area contributed by atoms with Crippen molar-refractivity contribution in [2.45, 2.75) is 4.90 Å². The monoisotopic (exact) mass is 435 g/mol. The number of halogens is 1. The van der Waals surface area contributed by atoms with Gasteiger partial charge in [-0.2, -0.15) is 0 Å². The average Bonchev–Trinajstić information content (AvgIpc) is 3.19. The highest BCUT2D eigenvalue weighted by molar-refractivity contribution is 7.92. The number of carbonyl (C=O) groups is 1. The molecule has 28 heavy (non-hydrogen) atoms. The van der Waals surface area contributed by atoms with Crippen LogP contribution in [0, 0.1) is 0 Å². The summed E-state index contributed by atoms with van der Waals surface area (Å²) in [5.74, 6) is -0.373. The highest BCUT2D eigenvalue weighted by atomic mass is 35.5. The first-order chi connectivity index (χ1) is 13.3. The molecule has 0 atom stereocenters. The molecule has 144 valence electrons. The largest absolute Gasteiger partial charge is 0.459 e.